The Kier molecular flexibility index (Phi) is 8.09. The van der Waals surface area contributed by atoms with Gasteiger partial charge < -0.3 is 0 Å². The van der Waals surface area contributed by atoms with E-state index in [0.717, 1.165) is 37.7 Å². The van der Waals surface area contributed by atoms with Crippen LogP contribution in [0.2, 0.25) is 10.0 Å². The number of hydrogen-bond acceptors (Lipinski definition) is 2. The first-order chi connectivity index (χ1) is 12.1. The minimum Gasteiger partial charge on any atom is -0.288 e. The summed E-state index contributed by atoms with van der Waals surface area (Å²) in [4.78, 5) is 13.0. The first kappa shape index (κ1) is 20.1. The summed E-state index contributed by atoms with van der Waals surface area (Å²) in [7, 11) is 0.0297. The van der Waals surface area contributed by atoms with Gasteiger partial charge in [-0.1, -0.05) is 86.1 Å². The quantitative estimate of drug-likeness (QED) is 0.250. The summed E-state index contributed by atoms with van der Waals surface area (Å²) in [6, 6.07) is 12.3. The zero-order valence-corrected chi connectivity index (χ0v) is 16.6. The smallest absolute Gasteiger partial charge is 0.196 e. The van der Waals surface area contributed by atoms with Crippen LogP contribution in [0.1, 0.15) is 66.2 Å². The number of ketones is 1. The third-order valence-corrected chi connectivity index (χ3v) is 5.63. The average molecular weight is 395 g/mol. The molecule has 0 aromatic heterocycles. The fourth-order valence-electron chi connectivity index (χ4n) is 2.87. The minimum atomic E-state index is -0.228. The van der Waals surface area contributed by atoms with Crippen molar-refractivity contribution in [2.24, 2.45) is 0 Å². The Morgan fingerprint density at radius 3 is 2.32 bits per heavy atom. The minimum absolute atomic E-state index is 0.0297. The van der Waals surface area contributed by atoms with Gasteiger partial charge in [0.1, 0.15) is 0 Å². The van der Waals surface area contributed by atoms with Crippen molar-refractivity contribution in [3.05, 3.63) is 69.2 Å². The maximum absolute atomic E-state index is 13.0. The van der Waals surface area contributed by atoms with Gasteiger partial charge in [-0.25, -0.2) is 0 Å². The van der Waals surface area contributed by atoms with E-state index >= 15 is 0 Å². The van der Waals surface area contributed by atoms with Gasteiger partial charge in [0.15, 0.2) is 14.2 Å². The summed E-state index contributed by atoms with van der Waals surface area (Å²) in [5.74, 6) is -0.228. The molecule has 0 amide bonds. The molecule has 0 bridgehead atoms. The molecule has 5 heteroatoms. The van der Waals surface area contributed by atoms with Crippen molar-refractivity contribution in [3.8, 4) is 0 Å². The molecular formula is C20H21Cl2O2P. The highest BCUT2D eigenvalue weighted by molar-refractivity contribution is 7.24. The van der Waals surface area contributed by atoms with Crippen molar-refractivity contribution in [2.75, 3.05) is 0 Å². The van der Waals surface area contributed by atoms with Gasteiger partial charge in [0.05, 0.1) is 21.3 Å². The van der Waals surface area contributed by atoms with Crippen molar-refractivity contribution in [3.63, 3.8) is 0 Å². The fraction of sp³-hybridized carbons (Fsp3) is 0.350. The lowest BCUT2D eigenvalue weighted by atomic mass is 9.94. The summed E-state index contributed by atoms with van der Waals surface area (Å²) in [5, 5.41) is 0.651. The van der Waals surface area contributed by atoms with Crippen LogP contribution < -0.4 is 0 Å². The van der Waals surface area contributed by atoms with E-state index in [9.17, 15) is 9.36 Å². The van der Waals surface area contributed by atoms with E-state index in [4.69, 9.17) is 23.2 Å². The largest absolute Gasteiger partial charge is 0.288 e. The van der Waals surface area contributed by atoms with Gasteiger partial charge in [-0.15, -0.1) is 0 Å². The molecule has 0 saturated heterocycles. The first-order valence-electron chi connectivity index (χ1n) is 8.50. The second kappa shape index (κ2) is 10.1. The molecule has 0 aliphatic carbocycles. The standard InChI is InChI=1S/C20H21Cl2O2P/c1-2-3-4-5-13-18(25-24)14-9-6-7-10-15(14)20(23)19-16(21)11-8-12-17(19)22/h6-12,18H,2-5,13H2,1H3. The molecule has 0 heterocycles. The Morgan fingerprint density at radius 1 is 1.00 bits per heavy atom. The molecule has 1 atom stereocenters. The van der Waals surface area contributed by atoms with Crippen LogP contribution in [-0.2, 0) is 4.57 Å². The number of rotatable bonds is 9. The molecule has 0 radical (unpaired) electrons. The van der Waals surface area contributed by atoms with Crippen molar-refractivity contribution < 1.29 is 9.36 Å². The van der Waals surface area contributed by atoms with Crippen LogP contribution in [0.5, 0.6) is 0 Å². The molecule has 2 rings (SSSR count). The van der Waals surface area contributed by atoms with Gasteiger partial charge in [-0.05, 0) is 24.1 Å². The molecule has 25 heavy (non-hydrogen) atoms. The van der Waals surface area contributed by atoms with Crippen LogP contribution in [0.3, 0.4) is 0 Å². The molecule has 0 fully saturated rings. The number of carbonyl (C=O) groups excluding carboxylic acids is 1. The maximum Gasteiger partial charge on any atom is 0.196 e. The van der Waals surface area contributed by atoms with Crippen molar-refractivity contribution in [1.82, 2.24) is 0 Å². The zero-order chi connectivity index (χ0) is 18.2. The maximum atomic E-state index is 13.0. The lowest BCUT2D eigenvalue weighted by molar-refractivity contribution is 0.103. The highest BCUT2D eigenvalue weighted by atomic mass is 35.5. The number of carbonyl (C=O) groups is 1. The van der Waals surface area contributed by atoms with Crippen LogP contribution in [0.25, 0.3) is 0 Å². The molecule has 0 saturated carbocycles. The predicted molar refractivity (Wildman–Crippen MR) is 105 cm³/mol. The zero-order valence-electron chi connectivity index (χ0n) is 14.2. The van der Waals surface area contributed by atoms with E-state index in [-0.39, 0.29) is 19.9 Å². The summed E-state index contributed by atoms with van der Waals surface area (Å²) in [6.07, 6.45) is 5.20. The van der Waals surface area contributed by atoms with Crippen molar-refractivity contribution >= 4 is 37.4 Å². The predicted octanol–water partition coefficient (Wildman–Crippen LogP) is 7.53. The Balaban J connectivity index is 2.33. The molecular weight excluding hydrogens is 374 g/mol. The van der Waals surface area contributed by atoms with Crippen LogP contribution >= 0.6 is 31.7 Å². The van der Waals surface area contributed by atoms with E-state index in [0.29, 0.717) is 21.2 Å². The lowest BCUT2D eigenvalue weighted by Crippen LogP contribution is -2.08. The molecule has 0 aliphatic heterocycles. The average Bonchev–Trinajstić information content (AvgIpc) is 2.62. The highest BCUT2D eigenvalue weighted by Crippen LogP contribution is 2.36. The third kappa shape index (κ3) is 5.14. The molecule has 2 aromatic carbocycles. The first-order valence-corrected chi connectivity index (χ1v) is 10.1. The molecule has 0 spiro atoms. The van der Waals surface area contributed by atoms with E-state index < -0.39 is 0 Å². The van der Waals surface area contributed by atoms with Gasteiger partial charge in [-0.2, -0.15) is 0 Å². The number of unbranched alkanes of at least 4 members (excludes halogenated alkanes) is 3. The number of benzene rings is 2. The van der Waals surface area contributed by atoms with Gasteiger partial charge in [0, 0.05) is 5.56 Å². The summed E-state index contributed by atoms with van der Waals surface area (Å²) in [5.41, 5.74) is 1.40. The molecule has 0 aliphatic rings. The van der Waals surface area contributed by atoms with Gasteiger partial charge in [-0.3, -0.25) is 9.36 Å². The third-order valence-electron chi connectivity index (χ3n) is 4.21. The Hall–Kier alpha value is -1.21. The SMILES string of the molecule is CCCCCCC(P=O)c1ccccc1C(=O)c1c(Cl)cccc1Cl. The van der Waals surface area contributed by atoms with Gasteiger partial charge in [0.2, 0.25) is 0 Å². The highest BCUT2D eigenvalue weighted by Gasteiger charge is 2.23. The van der Waals surface area contributed by atoms with E-state index in [1.54, 1.807) is 30.3 Å². The van der Waals surface area contributed by atoms with Crippen molar-refractivity contribution in [2.45, 2.75) is 44.7 Å². The number of hydrogen-bond donors (Lipinski definition) is 0. The summed E-state index contributed by atoms with van der Waals surface area (Å²) in [6.45, 7) is 2.16. The topological polar surface area (TPSA) is 34.1 Å². The van der Waals surface area contributed by atoms with E-state index in [1.165, 1.54) is 0 Å². The molecule has 1 unspecified atom stereocenters. The van der Waals surface area contributed by atoms with E-state index in [1.807, 2.05) is 12.1 Å². The normalized spacial score (nSPS) is 12.3. The lowest BCUT2D eigenvalue weighted by Gasteiger charge is -2.15. The van der Waals surface area contributed by atoms with Gasteiger partial charge >= 0.3 is 0 Å². The van der Waals surface area contributed by atoms with Gasteiger partial charge in [0.25, 0.3) is 0 Å². The Labute approximate surface area is 160 Å². The second-order valence-corrected chi connectivity index (χ2v) is 7.63. The summed E-state index contributed by atoms with van der Waals surface area (Å²) >= 11 is 12.4. The molecule has 0 N–H and O–H groups in total. The van der Waals surface area contributed by atoms with Crippen LogP contribution in [0.15, 0.2) is 42.5 Å². The van der Waals surface area contributed by atoms with Crippen molar-refractivity contribution in [1.29, 1.82) is 0 Å². The van der Waals surface area contributed by atoms with Crippen LogP contribution in [0.4, 0.5) is 0 Å². The second-order valence-electron chi connectivity index (χ2n) is 5.98. The van der Waals surface area contributed by atoms with E-state index in [2.05, 4.69) is 6.92 Å². The number of halogens is 2. The Bertz CT molecular complexity index is 726. The fourth-order valence-corrected chi connectivity index (χ4v) is 4.07. The van der Waals surface area contributed by atoms with Crippen LogP contribution in [-0.4, -0.2) is 5.78 Å². The Morgan fingerprint density at radius 2 is 1.68 bits per heavy atom. The molecule has 2 nitrogen and oxygen atoms in total. The molecule has 132 valence electrons. The summed E-state index contributed by atoms with van der Waals surface area (Å²) < 4.78 is 11.7. The molecule has 2 aromatic rings. The van der Waals surface area contributed by atoms with Crippen LogP contribution in [0, 0.1) is 0 Å². The monoisotopic (exact) mass is 394 g/mol.